The summed E-state index contributed by atoms with van der Waals surface area (Å²) >= 11 is 0. The first-order valence-corrected chi connectivity index (χ1v) is 10.2. The van der Waals surface area contributed by atoms with Gasteiger partial charge in [0.2, 0.25) is 0 Å². The Morgan fingerprint density at radius 2 is 1.61 bits per heavy atom. The van der Waals surface area contributed by atoms with Crippen LogP contribution in [-0.2, 0) is 9.53 Å². The van der Waals surface area contributed by atoms with Crippen LogP contribution in [0.5, 0.6) is 0 Å². The van der Waals surface area contributed by atoms with E-state index >= 15 is 0 Å². The Bertz CT molecular complexity index is 965. The largest absolute Gasteiger partial charge is 0.477 e. The summed E-state index contributed by atoms with van der Waals surface area (Å²) in [7, 11) is 0. The molecule has 1 atom stereocenters. The highest BCUT2D eigenvalue weighted by Crippen LogP contribution is 2.44. The standard InChI is InChI=1S/C23H23F2NO5/c24-23(25,20(27)28)22(30)10-5-12-26(13-11-22)21(29)31-14-19-17-8-3-1-6-15(17)16-7-2-4-9-18(16)19/h1-4,6-9,19,30H,5,10-14H2,(H,27,28). The minimum absolute atomic E-state index is 0.0452. The predicted molar refractivity (Wildman–Crippen MR) is 108 cm³/mol. The molecular weight excluding hydrogens is 408 g/mol. The van der Waals surface area contributed by atoms with E-state index in [0.29, 0.717) is 0 Å². The quantitative estimate of drug-likeness (QED) is 0.768. The molecule has 1 aliphatic carbocycles. The van der Waals surface area contributed by atoms with Crippen LogP contribution in [0.25, 0.3) is 11.1 Å². The summed E-state index contributed by atoms with van der Waals surface area (Å²) in [5, 5.41) is 19.0. The number of aliphatic hydroxyl groups is 1. The number of hydrogen-bond donors (Lipinski definition) is 2. The molecule has 31 heavy (non-hydrogen) atoms. The first kappa shape index (κ1) is 21.2. The third-order valence-electron chi connectivity index (χ3n) is 6.26. The Kier molecular flexibility index (Phi) is 5.43. The van der Waals surface area contributed by atoms with Crippen LogP contribution in [-0.4, -0.2) is 58.4 Å². The van der Waals surface area contributed by atoms with E-state index in [4.69, 9.17) is 9.84 Å². The van der Waals surface area contributed by atoms with Gasteiger partial charge in [-0.15, -0.1) is 0 Å². The summed E-state index contributed by atoms with van der Waals surface area (Å²) in [5.41, 5.74) is 1.60. The number of nitrogens with zero attached hydrogens (tertiary/aromatic N) is 1. The van der Waals surface area contributed by atoms with Gasteiger partial charge in [-0.2, -0.15) is 8.78 Å². The normalized spacial score (nSPS) is 21.2. The fraction of sp³-hybridized carbons (Fsp3) is 0.391. The highest BCUT2D eigenvalue weighted by atomic mass is 19.3. The summed E-state index contributed by atoms with van der Waals surface area (Å²) in [6.45, 7) is -0.0103. The molecule has 1 unspecified atom stereocenters. The van der Waals surface area contributed by atoms with Crippen LogP contribution in [0, 0.1) is 0 Å². The molecule has 2 aromatic carbocycles. The maximum atomic E-state index is 14.0. The van der Waals surface area contributed by atoms with Crippen LogP contribution in [0.15, 0.2) is 48.5 Å². The monoisotopic (exact) mass is 431 g/mol. The Morgan fingerprint density at radius 3 is 2.19 bits per heavy atom. The molecule has 4 rings (SSSR count). The van der Waals surface area contributed by atoms with Crippen LogP contribution in [0.4, 0.5) is 13.6 Å². The van der Waals surface area contributed by atoms with Gasteiger partial charge in [0, 0.05) is 25.4 Å². The number of alkyl halides is 2. The zero-order valence-corrected chi connectivity index (χ0v) is 16.8. The fourth-order valence-electron chi connectivity index (χ4n) is 4.50. The smallest absolute Gasteiger partial charge is 0.409 e. The van der Waals surface area contributed by atoms with E-state index in [1.54, 1.807) is 0 Å². The van der Waals surface area contributed by atoms with E-state index in [0.717, 1.165) is 22.3 Å². The number of benzene rings is 2. The number of amides is 1. The van der Waals surface area contributed by atoms with Crippen LogP contribution in [0.2, 0.25) is 0 Å². The lowest BCUT2D eigenvalue weighted by atomic mass is 9.88. The number of carbonyl (C=O) groups excluding carboxylic acids is 1. The van der Waals surface area contributed by atoms with Crippen molar-refractivity contribution < 1.29 is 33.3 Å². The van der Waals surface area contributed by atoms with Crippen LogP contribution in [0.3, 0.4) is 0 Å². The first-order chi connectivity index (χ1) is 14.7. The molecule has 6 nitrogen and oxygen atoms in total. The molecule has 1 heterocycles. The molecule has 1 amide bonds. The lowest BCUT2D eigenvalue weighted by Gasteiger charge is -2.32. The fourth-order valence-corrected chi connectivity index (χ4v) is 4.50. The number of hydrogen-bond acceptors (Lipinski definition) is 4. The molecule has 0 radical (unpaired) electrons. The molecule has 0 aromatic heterocycles. The Labute approximate surface area is 178 Å². The van der Waals surface area contributed by atoms with E-state index in [-0.39, 0.29) is 32.0 Å². The van der Waals surface area contributed by atoms with Crippen molar-refractivity contribution in [3.63, 3.8) is 0 Å². The van der Waals surface area contributed by atoms with Gasteiger partial charge >= 0.3 is 18.0 Å². The minimum Gasteiger partial charge on any atom is -0.477 e. The van der Waals surface area contributed by atoms with Gasteiger partial charge < -0.3 is 19.8 Å². The van der Waals surface area contributed by atoms with Crippen LogP contribution in [0.1, 0.15) is 36.3 Å². The molecule has 2 aliphatic rings. The topological polar surface area (TPSA) is 87.1 Å². The number of ether oxygens (including phenoxy) is 1. The number of aliphatic carboxylic acids is 1. The number of likely N-dealkylation sites (tertiary alicyclic amines) is 1. The summed E-state index contributed by atoms with van der Waals surface area (Å²) in [6.07, 6.45) is -1.58. The highest BCUT2D eigenvalue weighted by Gasteiger charge is 2.58. The van der Waals surface area contributed by atoms with E-state index < -0.39 is 36.4 Å². The van der Waals surface area contributed by atoms with Gasteiger partial charge in [0.1, 0.15) is 12.2 Å². The maximum Gasteiger partial charge on any atom is 0.409 e. The zero-order valence-electron chi connectivity index (χ0n) is 16.8. The van der Waals surface area contributed by atoms with Crippen molar-refractivity contribution in [2.24, 2.45) is 0 Å². The zero-order chi connectivity index (χ0) is 22.2. The average Bonchev–Trinajstić information content (AvgIpc) is 2.92. The van der Waals surface area contributed by atoms with E-state index in [1.165, 1.54) is 4.90 Å². The average molecular weight is 431 g/mol. The number of carboxylic acid groups (broad SMARTS) is 1. The summed E-state index contributed by atoms with van der Waals surface area (Å²) in [5.74, 6) is -6.79. The second kappa shape index (κ2) is 7.92. The third-order valence-corrected chi connectivity index (χ3v) is 6.26. The molecule has 0 spiro atoms. The molecule has 164 valence electrons. The molecule has 0 saturated carbocycles. The van der Waals surface area contributed by atoms with E-state index in [2.05, 4.69) is 0 Å². The van der Waals surface area contributed by atoms with Gasteiger partial charge in [-0.3, -0.25) is 0 Å². The van der Waals surface area contributed by atoms with E-state index in [1.807, 2.05) is 48.5 Å². The van der Waals surface area contributed by atoms with Gasteiger partial charge in [0.15, 0.2) is 0 Å². The van der Waals surface area contributed by atoms with Gasteiger partial charge in [-0.1, -0.05) is 48.5 Å². The van der Waals surface area contributed by atoms with Crippen molar-refractivity contribution in [3.05, 3.63) is 59.7 Å². The van der Waals surface area contributed by atoms with Crippen LogP contribution < -0.4 is 0 Å². The Balaban J connectivity index is 1.44. The molecule has 0 bridgehead atoms. The summed E-state index contributed by atoms with van der Waals surface area (Å²) in [4.78, 5) is 24.8. The highest BCUT2D eigenvalue weighted by molar-refractivity contribution is 5.79. The van der Waals surface area contributed by atoms with Crippen molar-refractivity contribution in [1.82, 2.24) is 4.90 Å². The summed E-state index contributed by atoms with van der Waals surface area (Å²) in [6, 6.07) is 15.8. The first-order valence-electron chi connectivity index (χ1n) is 10.2. The molecule has 2 N–H and O–H groups in total. The van der Waals surface area contributed by atoms with Gasteiger partial charge in [0.25, 0.3) is 0 Å². The number of carbonyl (C=O) groups is 2. The SMILES string of the molecule is O=C(OCC1c2ccccc2-c2ccccc21)N1CCCC(O)(C(F)(F)C(=O)O)CC1. The molecular formula is C23H23F2NO5. The van der Waals surface area contributed by atoms with E-state index in [9.17, 15) is 23.5 Å². The van der Waals surface area contributed by atoms with Crippen molar-refractivity contribution >= 4 is 12.1 Å². The molecule has 1 aliphatic heterocycles. The van der Waals surface area contributed by atoms with Crippen molar-refractivity contribution in [2.75, 3.05) is 19.7 Å². The molecule has 1 fully saturated rings. The number of carboxylic acids is 1. The van der Waals surface area contributed by atoms with Gasteiger partial charge in [-0.25, -0.2) is 9.59 Å². The lowest BCUT2D eigenvalue weighted by Crippen LogP contribution is -2.53. The van der Waals surface area contributed by atoms with Crippen molar-refractivity contribution in [2.45, 2.75) is 36.7 Å². The molecule has 8 heteroatoms. The minimum atomic E-state index is -4.29. The second-order valence-corrected chi connectivity index (χ2v) is 8.06. The number of rotatable bonds is 4. The third kappa shape index (κ3) is 3.65. The molecule has 2 aromatic rings. The van der Waals surface area contributed by atoms with Crippen molar-refractivity contribution in [3.8, 4) is 11.1 Å². The second-order valence-electron chi connectivity index (χ2n) is 8.06. The Morgan fingerprint density at radius 1 is 1.03 bits per heavy atom. The van der Waals surface area contributed by atoms with Gasteiger partial charge in [-0.05, 0) is 35.1 Å². The lowest BCUT2D eigenvalue weighted by molar-refractivity contribution is -0.211. The van der Waals surface area contributed by atoms with Gasteiger partial charge in [0.05, 0.1) is 0 Å². The molecule has 1 saturated heterocycles. The summed E-state index contributed by atoms with van der Waals surface area (Å²) < 4.78 is 33.5. The Hall–Kier alpha value is -3.00. The number of fused-ring (bicyclic) bond motifs is 3. The maximum absolute atomic E-state index is 14.0. The van der Waals surface area contributed by atoms with Crippen LogP contribution >= 0.6 is 0 Å². The van der Waals surface area contributed by atoms with Crippen molar-refractivity contribution in [1.29, 1.82) is 0 Å². The number of halogens is 2. The predicted octanol–water partition coefficient (Wildman–Crippen LogP) is 3.87.